The molecule has 1 amide bonds. The van der Waals surface area contributed by atoms with Gasteiger partial charge in [0.15, 0.2) is 0 Å². The van der Waals surface area contributed by atoms with E-state index in [2.05, 4.69) is 0 Å². The number of hydrogen-bond acceptors (Lipinski definition) is 3. The second-order valence-electron chi connectivity index (χ2n) is 4.33. The first kappa shape index (κ1) is 12.9. The van der Waals surface area contributed by atoms with Crippen LogP contribution in [0, 0.1) is 10.1 Å². The minimum absolute atomic E-state index is 0.279. The first-order chi connectivity index (χ1) is 7.66. The Labute approximate surface area is 96.0 Å². The Morgan fingerprint density at radius 2 is 2.00 bits per heavy atom. The summed E-state index contributed by atoms with van der Waals surface area (Å²) in [6, 6.07) is -1.02. The van der Waals surface area contributed by atoms with E-state index in [1.807, 2.05) is 6.92 Å². The highest BCUT2D eigenvalue weighted by Crippen LogP contribution is 2.13. The van der Waals surface area contributed by atoms with Gasteiger partial charge in [-0.1, -0.05) is 13.3 Å². The second kappa shape index (κ2) is 6.45. The number of nitro groups is 1. The summed E-state index contributed by atoms with van der Waals surface area (Å²) in [5.74, 6) is -0.279. The highest BCUT2D eigenvalue weighted by molar-refractivity contribution is 5.80. The van der Waals surface area contributed by atoms with Gasteiger partial charge in [0.1, 0.15) is 0 Å². The molecule has 0 aromatic heterocycles. The number of carbonyl (C=O) groups is 1. The lowest BCUT2D eigenvalue weighted by molar-refractivity contribution is -0.510. The van der Waals surface area contributed by atoms with Gasteiger partial charge in [-0.15, -0.1) is 0 Å². The minimum Gasteiger partial charge on any atom is -0.337 e. The summed E-state index contributed by atoms with van der Waals surface area (Å²) in [4.78, 5) is 24.0. The summed E-state index contributed by atoms with van der Waals surface area (Å²) in [6.45, 7) is 3.35. The molecule has 1 unspecified atom stereocenters. The fourth-order valence-electron chi connectivity index (χ4n) is 2.04. The molecule has 1 aliphatic heterocycles. The summed E-state index contributed by atoms with van der Waals surface area (Å²) in [5.41, 5.74) is 0. The molecule has 0 aromatic carbocycles. The average molecular weight is 228 g/mol. The van der Waals surface area contributed by atoms with Gasteiger partial charge >= 0.3 is 0 Å². The van der Waals surface area contributed by atoms with E-state index in [1.165, 1.54) is 0 Å². The van der Waals surface area contributed by atoms with Gasteiger partial charge < -0.3 is 4.90 Å². The van der Waals surface area contributed by atoms with Crippen molar-refractivity contribution in [3.05, 3.63) is 10.1 Å². The van der Waals surface area contributed by atoms with E-state index in [0.29, 0.717) is 19.5 Å². The van der Waals surface area contributed by atoms with Gasteiger partial charge in [0.2, 0.25) is 0 Å². The number of unbranched alkanes of at least 4 members (excludes halogenated alkanes) is 1. The lowest BCUT2D eigenvalue weighted by Crippen LogP contribution is -2.45. The van der Waals surface area contributed by atoms with Gasteiger partial charge in [-0.2, -0.15) is 0 Å². The number of amides is 1. The van der Waals surface area contributed by atoms with E-state index in [-0.39, 0.29) is 5.91 Å². The summed E-state index contributed by atoms with van der Waals surface area (Å²) in [5, 5.41) is 10.8. The maximum Gasteiger partial charge on any atom is 0.297 e. The second-order valence-corrected chi connectivity index (χ2v) is 4.33. The van der Waals surface area contributed by atoms with Crippen molar-refractivity contribution < 1.29 is 9.72 Å². The lowest BCUT2D eigenvalue weighted by atomic mass is 10.1. The fraction of sp³-hybridized carbons (Fsp3) is 0.909. The molecule has 1 heterocycles. The molecule has 0 aromatic rings. The Hall–Kier alpha value is -1.13. The van der Waals surface area contributed by atoms with E-state index in [0.717, 1.165) is 32.1 Å². The van der Waals surface area contributed by atoms with E-state index >= 15 is 0 Å². The average Bonchev–Trinajstić information content (AvgIpc) is 2.30. The Kier molecular flexibility index (Phi) is 5.22. The van der Waals surface area contributed by atoms with Crippen LogP contribution < -0.4 is 0 Å². The van der Waals surface area contributed by atoms with Crippen LogP contribution in [0.4, 0.5) is 0 Å². The van der Waals surface area contributed by atoms with E-state index in [1.54, 1.807) is 4.90 Å². The zero-order valence-corrected chi connectivity index (χ0v) is 9.85. The topological polar surface area (TPSA) is 63.5 Å². The van der Waals surface area contributed by atoms with Gasteiger partial charge in [-0.05, 0) is 25.7 Å². The molecule has 1 aliphatic rings. The van der Waals surface area contributed by atoms with Crippen LogP contribution in [0.2, 0.25) is 0 Å². The summed E-state index contributed by atoms with van der Waals surface area (Å²) < 4.78 is 0. The largest absolute Gasteiger partial charge is 0.337 e. The van der Waals surface area contributed by atoms with Gasteiger partial charge in [0.25, 0.3) is 11.9 Å². The van der Waals surface area contributed by atoms with E-state index in [9.17, 15) is 14.9 Å². The Balaban J connectivity index is 2.54. The predicted octanol–water partition coefficient (Wildman–Crippen LogP) is 1.83. The molecule has 5 heteroatoms. The number of carbonyl (C=O) groups excluding carboxylic acids is 1. The van der Waals surface area contributed by atoms with Crippen molar-refractivity contribution in [3.8, 4) is 0 Å². The van der Waals surface area contributed by atoms with E-state index < -0.39 is 11.0 Å². The molecule has 0 radical (unpaired) electrons. The van der Waals surface area contributed by atoms with Gasteiger partial charge in [0.05, 0.1) is 0 Å². The van der Waals surface area contributed by atoms with Crippen LogP contribution in [-0.2, 0) is 4.79 Å². The molecule has 1 fully saturated rings. The molecule has 92 valence electrons. The molecule has 0 spiro atoms. The van der Waals surface area contributed by atoms with Gasteiger partial charge in [0, 0.05) is 24.4 Å². The first-order valence-corrected chi connectivity index (χ1v) is 6.09. The van der Waals surface area contributed by atoms with Gasteiger partial charge in [-0.25, -0.2) is 0 Å². The smallest absolute Gasteiger partial charge is 0.297 e. The third kappa shape index (κ3) is 3.47. The zero-order valence-electron chi connectivity index (χ0n) is 9.85. The summed E-state index contributed by atoms with van der Waals surface area (Å²) in [7, 11) is 0. The third-order valence-corrected chi connectivity index (χ3v) is 3.04. The molecule has 0 bridgehead atoms. The van der Waals surface area contributed by atoms with Crippen LogP contribution in [0.15, 0.2) is 0 Å². The third-order valence-electron chi connectivity index (χ3n) is 3.04. The van der Waals surface area contributed by atoms with Crippen LogP contribution >= 0.6 is 0 Å². The van der Waals surface area contributed by atoms with Crippen molar-refractivity contribution in [1.29, 1.82) is 0 Å². The maximum atomic E-state index is 11.9. The number of likely N-dealkylation sites (tertiary alicyclic amines) is 1. The quantitative estimate of drug-likeness (QED) is 0.532. The van der Waals surface area contributed by atoms with Crippen molar-refractivity contribution in [3.63, 3.8) is 0 Å². The predicted molar refractivity (Wildman–Crippen MR) is 60.7 cm³/mol. The number of nitrogens with zero attached hydrogens (tertiary/aromatic N) is 2. The number of piperidine rings is 1. The molecule has 1 rings (SSSR count). The molecule has 0 saturated carbocycles. The van der Waals surface area contributed by atoms with Crippen molar-refractivity contribution in [2.75, 3.05) is 13.1 Å². The molecule has 0 aliphatic carbocycles. The molecule has 0 N–H and O–H groups in total. The van der Waals surface area contributed by atoms with Crippen molar-refractivity contribution in [2.45, 2.75) is 51.5 Å². The van der Waals surface area contributed by atoms with Crippen LogP contribution in [-0.4, -0.2) is 34.9 Å². The maximum absolute atomic E-state index is 11.9. The first-order valence-electron chi connectivity index (χ1n) is 6.09. The Morgan fingerprint density at radius 1 is 1.38 bits per heavy atom. The normalized spacial score (nSPS) is 18.2. The number of rotatable bonds is 5. The SMILES string of the molecule is CCCCC(C(=O)N1CCCCC1)[N+](=O)[O-]. The molecular weight excluding hydrogens is 208 g/mol. The van der Waals surface area contributed by atoms with Crippen LogP contribution in [0.3, 0.4) is 0 Å². The van der Waals surface area contributed by atoms with Crippen LogP contribution in [0.5, 0.6) is 0 Å². The molecule has 16 heavy (non-hydrogen) atoms. The highest BCUT2D eigenvalue weighted by Gasteiger charge is 2.33. The number of hydrogen-bond donors (Lipinski definition) is 0. The highest BCUT2D eigenvalue weighted by atomic mass is 16.6. The Morgan fingerprint density at radius 3 is 2.50 bits per heavy atom. The molecular formula is C11H20N2O3. The molecule has 1 saturated heterocycles. The summed E-state index contributed by atoms with van der Waals surface area (Å²) in [6.07, 6.45) is 5.08. The summed E-state index contributed by atoms with van der Waals surface area (Å²) >= 11 is 0. The van der Waals surface area contributed by atoms with E-state index in [4.69, 9.17) is 0 Å². The molecule has 5 nitrogen and oxygen atoms in total. The van der Waals surface area contributed by atoms with Crippen LogP contribution in [0.1, 0.15) is 45.4 Å². The van der Waals surface area contributed by atoms with Crippen molar-refractivity contribution in [2.24, 2.45) is 0 Å². The zero-order chi connectivity index (χ0) is 12.0. The Bertz CT molecular complexity index is 250. The minimum atomic E-state index is -1.02. The van der Waals surface area contributed by atoms with Crippen molar-refractivity contribution in [1.82, 2.24) is 4.90 Å². The van der Waals surface area contributed by atoms with Gasteiger partial charge in [-0.3, -0.25) is 14.9 Å². The monoisotopic (exact) mass is 228 g/mol. The van der Waals surface area contributed by atoms with Crippen LogP contribution in [0.25, 0.3) is 0 Å². The standard InChI is InChI=1S/C11H20N2O3/c1-2-3-7-10(13(15)16)11(14)12-8-5-4-6-9-12/h10H,2-9H2,1H3. The lowest BCUT2D eigenvalue weighted by Gasteiger charge is -2.27. The fourth-order valence-corrected chi connectivity index (χ4v) is 2.04. The van der Waals surface area contributed by atoms with Crippen molar-refractivity contribution >= 4 is 5.91 Å². The molecule has 1 atom stereocenters.